The minimum absolute atomic E-state index is 0.294. The van der Waals surface area contributed by atoms with Gasteiger partial charge in [0.15, 0.2) is 0 Å². The molecule has 0 bridgehead atoms. The average Bonchev–Trinajstić information content (AvgIpc) is 3.15. The molecule has 1 unspecified atom stereocenters. The predicted octanol–water partition coefficient (Wildman–Crippen LogP) is 4.06. The Hall–Kier alpha value is -1.50. The molecule has 0 fully saturated rings. The zero-order valence-corrected chi connectivity index (χ0v) is 13.9. The Labute approximate surface area is 132 Å². The van der Waals surface area contributed by atoms with E-state index < -0.39 is 0 Å². The fourth-order valence-corrected chi connectivity index (χ4v) is 4.09. The first-order chi connectivity index (χ1) is 10.1. The molecule has 0 aliphatic heterocycles. The smallest absolute Gasteiger partial charge is 0.0900 e. The first-order valence-corrected chi connectivity index (χ1v) is 8.58. The summed E-state index contributed by atoms with van der Waals surface area (Å²) in [4.78, 5) is 7.03. The highest BCUT2D eigenvalue weighted by atomic mass is 32.1. The Morgan fingerprint density at radius 2 is 2.24 bits per heavy atom. The molecule has 0 spiro atoms. The van der Waals surface area contributed by atoms with Gasteiger partial charge in [0, 0.05) is 23.0 Å². The number of aromatic amines is 1. The molecule has 2 N–H and O–H groups in total. The van der Waals surface area contributed by atoms with E-state index in [0.717, 1.165) is 22.9 Å². The van der Waals surface area contributed by atoms with Crippen molar-refractivity contribution in [3.8, 4) is 10.6 Å². The van der Waals surface area contributed by atoms with Gasteiger partial charge in [-0.05, 0) is 32.2 Å². The maximum absolute atomic E-state index is 4.50. The molecule has 0 radical (unpaired) electrons. The molecule has 0 aliphatic carbocycles. The average molecular weight is 318 g/mol. The van der Waals surface area contributed by atoms with Gasteiger partial charge < -0.3 is 5.32 Å². The van der Waals surface area contributed by atoms with Crippen molar-refractivity contribution in [2.75, 3.05) is 0 Å². The van der Waals surface area contributed by atoms with Gasteiger partial charge in [0.05, 0.1) is 27.5 Å². The van der Waals surface area contributed by atoms with Gasteiger partial charge in [-0.1, -0.05) is 6.07 Å². The van der Waals surface area contributed by atoms with Crippen molar-refractivity contribution in [3.05, 3.63) is 44.9 Å². The van der Waals surface area contributed by atoms with Gasteiger partial charge >= 0.3 is 0 Å². The van der Waals surface area contributed by atoms with Crippen molar-refractivity contribution in [2.45, 2.75) is 33.4 Å². The summed E-state index contributed by atoms with van der Waals surface area (Å²) in [5.41, 5.74) is 3.44. The van der Waals surface area contributed by atoms with Crippen LogP contribution in [-0.4, -0.2) is 15.2 Å². The molecule has 3 aromatic rings. The van der Waals surface area contributed by atoms with Crippen molar-refractivity contribution in [1.82, 2.24) is 20.5 Å². The molecule has 1 atom stereocenters. The van der Waals surface area contributed by atoms with Crippen LogP contribution in [0.15, 0.2) is 23.7 Å². The van der Waals surface area contributed by atoms with E-state index in [-0.39, 0.29) is 0 Å². The fraction of sp³-hybridized carbons (Fsp3) is 0.333. The first kappa shape index (κ1) is 14.4. The van der Waals surface area contributed by atoms with Crippen molar-refractivity contribution in [3.63, 3.8) is 0 Å². The third kappa shape index (κ3) is 3.07. The molecule has 0 aliphatic rings. The van der Waals surface area contributed by atoms with Crippen LogP contribution in [0.5, 0.6) is 0 Å². The van der Waals surface area contributed by atoms with Gasteiger partial charge in [-0.15, -0.1) is 22.7 Å². The standard InChI is InChI=1S/C15H18N4S2/c1-9(15-10(2)18-11(3)21-15)16-7-12-8-17-19-14(12)13-5-4-6-20-13/h4-6,8-9,16H,7H2,1-3H3,(H,17,19). The number of thiazole rings is 1. The quantitative estimate of drug-likeness (QED) is 0.746. The summed E-state index contributed by atoms with van der Waals surface area (Å²) in [5.74, 6) is 0. The molecule has 3 heterocycles. The maximum atomic E-state index is 4.50. The molecule has 21 heavy (non-hydrogen) atoms. The van der Waals surface area contributed by atoms with E-state index in [9.17, 15) is 0 Å². The lowest BCUT2D eigenvalue weighted by molar-refractivity contribution is 0.580. The van der Waals surface area contributed by atoms with Crippen molar-refractivity contribution >= 4 is 22.7 Å². The first-order valence-electron chi connectivity index (χ1n) is 6.88. The third-order valence-corrected chi connectivity index (χ3v) is 5.56. The highest BCUT2D eigenvalue weighted by molar-refractivity contribution is 7.13. The summed E-state index contributed by atoms with van der Waals surface area (Å²) in [6.07, 6.45) is 1.90. The summed E-state index contributed by atoms with van der Waals surface area (Å²) < 4.78 is 0. The Bertz CT molecular complexity index is 712. The summed E-state index contributed by atoms with van der Waals surface area (Å²) in [7, 11) is 0. The molecule has 0 aromatic carbocycles. The highest BCUT2D eigenvalue weighted by Gasteiger charge is 2.14. The molecule has 3 rings (SSSR count). The molecule has 110 valence electrons. The van der Waals surface area contributed by atoms with Gasteiger partial charge in [-0.2, -0.15) is 5.10 Å². The lowest BCUT2D eigenvalue weighted by atomic mass is 10.2. The van der Waals surface area contributed by atoms with E-state index >= 15 is 0 Å². The van der Waals surface area contributed by atoms with Crippen LogP contribution in [-0.2, 0) is 6.54 Å². The fourth-order valence-electron chi connectivity index (χ4n) is 2.38. The lowest BCUT2D eigenvalue weighted by Crippen LogP contribution is -2.18. The Kier molecular flexibility index (Phi) is 4.19. The lowest BCUT2D eigenvalue weighted by Gasteiger charge is -2.12. The van der Waals surface area contributed by atoms with Crippen LogP contribution in [0.4, 0.5) is 0 Å². The number of nitrogens with zero attached hydrogens (tertiary/aromatic N) is 2. The van der Waals surface area contributed by atoms with Crippen LogP contribution in [0, 0.1) is 13.8 Å². The van der Waals surface area contributed by atoms with Gasteiger partial charge in [-0.25, -0.2) is 4.98 Å². The summed E-state index contributed by atoms with van der Waals surface area (Å²) in [6, 6.07) is 4.47. The van der Waals surface area contributed by atoms with E-state index in [1.54, 1.807) is 22.7 Å². The normalized spacial score (nSPS) is 12.7. The van der Waals surface area contributed by atoms with Gasteiger partial charge in [0.1, 0.15) is 0 Å². The molecule has 3 aromatic heterocycles. The second kappa shape index (κ2) is 6.09. The Balaban J connectivity index is 1.71. The molecule has 4 nitrogen and oxygen atoms in total. The molecule has 0 saturated heterocycles. The molecule has 0 amide bonds. The van der Waals surface area contributed by atoms with E-state index in [0.29, 0.717) is 6.04 Å². The number of hydrogen-bond donors (Lipinski definition) is 2. The summed E-state index contributed by atoms with van der Waals surface area (Å²) >= 11 is 3.49. The van der Waals surface area contributed by atoms with Gasteiger partial charge in [0.25, 0.3) is 0 Å². The van der Waals surface area contributed by atoms with E-state index in [2.05, 4.69) is 58.8 Å². The number of rotatable bonds is 5. The van der Waals surface area contributed by atoms with Crippen LogP contribution < -0.4 is 5.32 Å². The predicted molar refractivity (Wildman–Crippen MR) is 88.7 cm³/mol. The van der Waals surface area contributed by atoms with Crippen LogP contribution in [0.25, 0.3) is 10.6 Å². The largest absolute Gasteiger partial charge is 0.305 e. The maximum Gasteiger partial charge on any atom is 0.0900 e. The van der Waals surface area contributed by atoms with E-state index in [4.69, 9.17) is 0 Å². The van der Waals surface area contributed by atoms with Gasteiger partial charge in [-0.3, -0.25) is 5.10 Å². The van der Waals surface area contributed by atoms with E-state index in [1.807, 2.05) is 6.20 Å². The molecule has 6 heteroatoms. The Morgan fingerprint density at radius 1 is 1.38 bits per heavy atom. The summed E-state index contributed by atoms with van der Waals surface area (Å²) in [5, 5.41) is 14.1. The third-order valence-electron chi connectivity index (χ3n) is 3.42. The number of aromatic nitrogens is 3. The van der Waals surface area contributed by atoms with Crippen LogP contribution in [0.3, 0.4) is 0 Å². The van der Waals surface area contributed by atoms with E-state index in [1.165, 1.54) is 15.3 Å². The van der Waals surface area contributed by atoms with Crippen LogP contribution in [0.1, 0.15) is 34.1 Å². The van der Waals surface area contributed by atoms with Crippen molar-refractivity contribution in [1.29, 1.82) is 0 Å². The van der Waals surface area contributed by atoms with Gasteiger partial charge in [0.2, 0.25) is 0 Å². The zero-order chi connectivity index (χ0) is 14.8. The molecule has 0 saturated carbocycles. The Morgan fingerprint density at radius 3 is 2.90 bits per heavy atom. The SMILES string of the molecule is Cc1nc(C)c(C(C)NCc2cn[nH]c2-c2cccs2)s1. The molecular weight excluding hydrogens is 300 g/mol. The summed E-state index contributed by atoms with van der Waals surface area (Å²) in [6.45, 7) is 7.11. The van der Waals surface area contributed by atoms with Crippen molar-refractivity contribution < 1.29 is 0 Å². The molecular formula is C15H18N4S2. The van der Waals surface area contributed by atoms with Crippen molar-refractivity contribution in [2.24, 2.45) is 0 Å². The number of H-pyrrole nitrogens is 1. The van der Waals surface area contributed by atoms with Crippen LogP contribution in [0.2, 0.25) is 0 Å². The second-order valence-electron chi connectivity index (χ2n) is 5.03. The minimum Gasteiger partial charge on any atom is -0.305 e. The number of hydrogen-bond acceptors (Lipinski definition) is 5. The number of nitrogens with one attached hydrogen (secondary N) is 2. The highest BCUT2D eigenvalue weighted by Crippen LogP contribution is 2.27. The zero-order valence-electron chi connectivity index (χ0n) is 12.3. The van der Waals surface area contributed by atoms with Crippen LogP contribution >= 0.6 is 22.7 Å². The monoisotopic (exact) mass is 318 g/mol. The number of thiophene rings is 1. The number of aryl methyl sites for hydroxylation is 2. The minimum atomic E-state index is 0.294. The topological polar surface area (TPSA) is 53.6 Å². The second-order valence-corrected chi connectivity index (χ2v) is 7.22.